The number of nitrogens with zero attached hydrogens (tertiary/aromatic N) is 2. The maximum Gasteiger partial charge on any atom is 0.264 e. The van der Waals surface area contributed by atoms with Crippen molar-refractivity contribution in [3.63, 3.8) is 0 Å². The van der Waals surface area contributed by atoms with Gasteiger partial charge in [0.2, 0.25) is 11.8 Å². The summed E-state index contributed by atoms with van der Waals surface area (Å²) in [5.41, 5.74) is 3.12. The Morgan fingerprint density at radius 1 is 0.822 bits per heavy atom. The third-order valence-electron chi connectivity index (χ3n) is 7.54. The zero-order valence-corrected chi connectivity index (χ0v) is 26.9. The van der Waals surface area contributed by atoms with Gasteiger partial charge >= 0.3 is 0 Å². The number of nitrogens with one attached hydrogen (secondary N) is 1. The van der Waals surface area contributed by atoms with Crippen LogP contribution >= 0.6 is 0 Å². The number of amides is 2. The number of sulfonamides is 1. The maximum absolute atomic E-state index is 14.5. The van der Waals surface area contributed by atoms with Crippen molar-refractivity contribution < 1.29 is 22.7 Å². The van der Waals surface area contributed by atoms with Gasteiger partial charge in [-0.2, -0.15) is 0 Å². The average Bonchev–Trinajstić information content (AvgIpc) is 3.06. The summed E-state index contributed by atoms with van der Waals surface area (Å²) in [6.45, 7) is 4.13. The Morgan fingerprint density at radius 2 is 1.44 bits per heavy atom. The third-order valence-corrected chi connectivity index (χ3v) is 9.33. The largest absolute Gasteiger partial charge is 0.497 e. The van der Waals surface area contributed by atoms with Crippen LogP contribution in [0.2, 0.25) is 0 Å². The lowest BCUT2D eigenvalue weighted by atomic mass is 10.0. The summed E-state index contributed by atoms with van der Waals surface area (Å²) in [6.07, 6.45) is 1.98. The number of anilines is 1. The van der Waals surface area contributed by atoms with Crippen LogP contribution in [0.3, 0.4) is 0 Å². The van der Waals surface area contributed by atoms with Gasteiger partial charge in [0.25, 0.3) is 10.0 Å². The Morgan fingerprint density at radius 3 is 2.04 bits per heavy atom. The van der Waals surface area contributed by atoms with Gasteiger partial charge in [0.15, 0.2) is 0 Å². The maximum atomic E-state index is 14.5. The first-order chi connectivity index (χ1) is 21.7. The van der Waals surface area contributed by atoms with Crippen LogP contribution in [0.25, 0.3) is 0 Å². The highest BCUT2D eigenvalue weighted by Crippen LogP contribution is 2.26. The molecule has 0 fully saturated rings. The van der Waals surface area contributed by atoms with E-state index in [4.69, 9.17) is 4.74 Å². The zero-order valence-electron chi connectivity index (χ0n) is 26.1. The van der Waals surface area contributed by atoms with Crippen LogP contribution in [-0.4, -0.2) is 51.4 Å². The van der Waals surface area contributed by atoms with Gasteiger partial charge in [-0.3, -0.25) is 13.9 Å². The molecule has 9 heteroatoms. The van der Waals surface area contributed by atoms with Crippen molar-refractivity contribution in [3.8, 4) is 5.75 Å². The molecule has 0 saturated carbocycles. The van der Waals surface area contributed by atoms with Gasteiger partial charge in [-0.25, -0.2) is 8.42 Å². The topological polar surface area (TPSA) is 96.0 Å². The summed E-state index contributed by atoms with van der Waals surface area (Å²) >= 11 is 0. The van der Waals surface area contributed by atoms with Crippen LogP contribution in [0.15, 0.2) is 114 Å². The van der Waals surface area contributed by atoms with Gasteiger partial charge < -0.3 is 15.0 Å². The Balaban J connectivity index is 1.76. The molecule has 4 aromatic carbocycles. The molecule has 1 N–H and O–H groups in total. The first-order valence-electron chi connectivity index (χ1n) is 15.1. The number of methoxy groups -OCH3 is 1. The van der Waals surface area contributed by atoms with Crippen molar-refractivity contribution in [1.29, 1.82) is 0 Å². The number of carbonyl (C=O) groups excluding carboxylic acids is 2. The highest BCUT2D eigenvalue weighted by molar-refractivity contribution is 7.92. The molecule has 236 valence electrons. The van der Waals surface area contributed by atoms with Crippen LogP contribution in [0.5, 0.6) is 5.75 Å². The molecule has 2 amide bonds. The van der Waals surface area contributed by atoms with Crippen LogP contribution in [0.1, 0.15) is 36.5 Å². The number of para-hydroxylation sites is 1. The molecular weight excluding hydrogens is 586 g/mol. The normalized spacial score (nSPS) is 11.8. The Bertz CT molecular complexity index is 1630. The average molecular weight is 628 g/mol. The molecule has 0 heterocycles. The molecule has 0 unspecified atom stereocenters. The van der Waals surface area contributed by atoms with Crippen LogP contribution in [-0.2, 0) is 32.6 Å². The predicted molar refractivity (Wildman–Crippen MR) is 178 cm³/mol. The fourth-order valence-electron chi connectivity index (χ4n) is 4.95. The lowest BCUT2D eigenvalue weighted by Crippen LogP contribution is -2.53. The molecule has 45 heavy (non-hydrogen) atoms. The summed E-state index contributed by atoms with van der Waals surface area (Å²) in [7, 11) is -2.67. The van der Waals surface area contributed by atoms with E-state index in [0.29, 0.717) is 18.0 Å². The van der Waals surface area contributed by atoms with E-state index in [0.717, 1.165) is 33.8 Å². The van der Waals surface area contributed by atoms with E-state index in [2.05, 4.69) is 5.32 Å². The highest BCUT2D eigenvalue weighted by Gasteiger charge is 2.34. The molecule has 0 aromatic heterocycles. The van der Waals surface area contributed by atoms with E-state index < -0.39 is 28.5 Å². The number of rotatable bonds is 15. The van der Waals surface area contributed by atoms with Crippen molar-refractivity contribution in [2.45, 2.75) is 50.6 Å². The molecule has 1 atom stereocenters. The molecule has 0 saturated heterocycles. The summed E-state index contributed by atoms with van der Waals surface area (Å²) in [4.78, 5) is 29.8. The summed E-state index contributed by atoms with van der Waals surface area (Å²) in [5, 5.41) is 3.01. The fraction of sp³-hybridized carbons (Fsp3) is 0.278. The molecule has 4 aromatic rings. The SMILES string of the molecule is CCCCNC(=O)[C@@H](Cc1ccccc1)N(Cc1ccc(C)cc1)C(=O)CN(c1ccccc1)S(=O)(=O)c1ccc(OC)cc1. The minimum atomic E-state index is -4.18. The van der Waals surface area contributed by atoms with Crippen molar-refractivity contribution in [2.24, 2.45) is 0 Å². The van der Waals surface area contributed by atoms with Gasteiger partial charge in [0.1, 0.15) is 18.3 Å². The molecule has 8 nitrogen and oxygen atoms in total. The number of benzene rings is 4. The summed E-state index contributed by atoms with van der Waals surface area (Å²) < 4.78 is 34.5. The quantitative estimate of drug-likeness (QED) is 0.169. The summed E-state index contributed by atoms with van der Waals surface area (Å²) in [5.74, 6) is -0.265. The number of aryl methyl sites for hydroxylation is 1. The van der Waals surface area contributed by atoms with Gasteiger partial charge in [-0.05, 0) is 60.9 Å². The van der Waals surface area contributed by atoms with Crippen molar-refractivity contribution in [3.05, 3.63) is 126 Å². The highest BCUT2D eigenvalue weighted by atomic mass is 32.2. The number of ether oxygens (including phenoxy) is 1. The Labute approximate surface area is 266 Å². The number of hydrogen-bond donors (Lipinski definition) is 1. The third kappa shape index (κ3) is 8.95. The number of unbranched alkanes of at least 4 members (excludes halogenated alkanes) is 1. The molecule has 4 rings (SSSR count). The first kappa shape index (κ1) is 33.3. The van der Waals surface area contributed by atoms with Crippen molar-refractivity contribution >= 4 is 27.5 Å². The predicted octanol–water partition coefficient (Wildman–Crippen LogP) is 5.76. The lowest BCUT2D eigenvalue weighted by molar-refractivity contribution is -0.140. The van der Waals surface area contributed by atoms with E-state index in [-0.39, 0.29) is 23.8 Å². The number of carbonyl (C=O) groups is 2. The molecule has 0 aliphatic heterocycles. The minimum absolute atomic E-state index is 0.0168. The van der Waals surface area contributed by atoms with Crippen LogP contribution in [0.4, 0.5) is 5.69 Å². The van der Waals surface area contributed by atoms with Crippen molar-refractivity contribution in [1.82, 2.24) is 10.2 Å². The monoisotopic (exact) mass is 627 g/mol. The van der Waals surface area contributed by atoms with Gasteiger partial charge in [-0.1, -0.05) is 91.7 Å². The van der Waals surface area contributed by atoms with Crippen LogP contribution in [0, 0.1) is 6.92 Å². The fourth-order valence-corrected chi connectivity index (χ4v) is 6.36. The van der Waals surface area contributed by atoms with Gasteiger partial charge in [0.05, 0.1) is 17.7 Å². The number of hydrogen-bond acceptors (Lipinski definition) is 5. The summed E-state index contributed by atoms with van der Waals surface area (Å²) in [6, 6.07) is 31.0. The molecule has 0 spiro atoms. The molecule has 0 radical (unpaired) electrons. The standard InChI is InChI=1S/C36H41N3O5S/c1-4-5-24-37-36(41)34(25-29-12-8-6-9-13-29)38(26-30-18-16-28(2)17-19-30)35(40)27-39(31-14-10-7-11-15-31)45(42,43)33-22-20-32(44-3)21-23-33/h6-23,34H,4-5,24-27H2,1-3H3,(H,37,41)/t34-/m1/s1. The van der Waals surface area contributed by atoms with Crippen molar-refractivity contribution in [2.75, 3.05) is 24.5 Å². The van der Waals surface area contributed by atoms with E-state index in [9.17, 15) is 18.0 Å². The van der Waals surface area contributed by atoms with E-state index in [1.165, 1.54) is 24.1 Å². The van der Waals surface area contributed by atoms with Gasteiger partial charge in [-0.15, -0.1) is 0 Å². The smallest absolute Gasteiger partial charge is 0.264 e. The Kier molecular flexibility index (Phi) is 11.8. The molecular formula is C36H41N3O5S. The van der Waals surface area contributed by atoms with E-state index in [1.807, 2.05) is 68.4 Å². The second kappa shape index (κ2) is 15.9. The van der Waals surface area contributed by atoms with E-state index in [1.54, 1.807) is 42.5 Å². The molecule has 0 aliphatic carbocycles. The van der Waals surface area contributed by atoms with Gasteiger partial charge in [0, 0.05) is 19.5 Å². The Hall–Kier alpha value is -4.63. The second-order valence-corrected chi connectivity index (χ2v) is 12.7. The van der Waals surface area contributed by atoms with Crippen LogP contribution < -0.4 is 14.4 Å². The van der Waals surface area contributed by atoms with E-state index >= 15 is 0 Å². The molecule has 0 aliphatic rings. The second-order valence-electron chi connectivity index (χ2n) is 10.9. The first-order valence-corrected chi connectivity index (χ1v) is 16.6. The molecule has 0 bridgehead atoms. The minimum Gasteiger partial charge on any atom is -0.497 e. The lowest BCUT2D eigenvalue weighted by Gasteiger charge is -2.34. The zero-order chi connectivity index (χ0) is 32.2.